The average molecular weight is 446 g/mol. The zero-order valence-corrected chi connectivity index (χ0v) is 17.3. The molecule has 3 aliphatic rings. The normalized spacial score (nSPS) is 22.4. The van der Waals surface area contributed by atoms with E-state index in [0.29, 0.717) is 62.7 Å². The van der Waals surface area contributed by atoms with Gasteiger partial charge in [0.15, 0.2) is 11.6 Å². The van der Waals surface area contributed by atoms with Crippen LogP contribution in [0.2, 0.25) is 0 Å². The highest BCUT2D eigenvalue weighted by Crippen LogP contribution is 2.35. The average Bonchev–Trinajstić information content (AvgIpc) is 3.51. The molecule has 1 spiro atoms. The number of amides is 2. The SMILES string of the molecule is O=CNc1cnnn1CC1CN(c2ccc(N3CCC4(CC3)OCCO4)c(F)c2)C(=O)O1. The van der Waals surface area contributed by atoms with Crippen molar-refractivity contribution in [2.45, 2.75) is 31.3 Å². The molecule has 1 aromatic carbocycles. The highest BCUT2D eigenvalue weighted by Gasteiger charge is 2.40. The van der Waals surface area contributed by atoms with Crippen molar-refractivity contribution in [1.82, 2.24) is 15.0 Å². The van der Waals surface area contributed by atoms with Gasteiger partial charge in [-0.3, -0.25) is 9.69 Å². The summed E-state index contributed by atoms with van der Waals surface area (Å²) in [7, 11) is 0. The highest BCUT2D eigenvalue weighted by atomic mass is 19.1. The molecule has 12 heteroatoms. The van der Waals surface area contributed by atoms with E-state index in [-0.39, 0.29) is 13.1 Å². The molecule has 1 unspecified atom stereocenters. The predicted octanol–water partition coefficient (Wildman–Crippen LogP) is 1.35. The molecule has 4 heterocycles. The van der Waals surface area contributed by atoms with Crippen LogP contribution in [0.3, 0.4) is 0 Å². The number of anilines is 3. The van der Waals surface area contributed by atoms with Crippen molar-refractivity contribution < 1.29 is 28.2 Å². The number of ether oxygens (including phenoxy) is 3. The van der Waals surface area contributed by atoms with Gasteiger partial charge in [0.2, 0.25) is 6.41 Å². The molecule has 0 saturated carbocycles. The molecule has 2 aromatic rings. The maximum Gasteiger partial charge on any atom is 0.414 e. The van der Waals surface area contributed by atoms with E-state index in [1.807, 2.05) is 4.90 Å². The summed E-state index contributed by atoms with van der Waals surface area (Å²) in [6.45, 7) is 2.87. The molecule has 170 valence electrons. The summed E-state index contributed by atoms with van der Waals surface area (Å²) in [5.41, 5.74) is 0.900. The summed E-state index contributed by atoms with van der Waals surface area (Å²) in [5, 5.41) is 10.1. The Kier molecular flexibility index (Phi) is 5.39. The van der Waals surface area contributed by atoms with Crippen LogP contribution in [0.1, 0.15) is 12.8 Å². The molecule has 1 atom stereocenters. The lowest BCUT2D eigenvalue weighted by Gasteiger charge is -2.38. The van der Waals surface area contributed by atoms with Crippen molar-refractivity contribution in [2.24, 2.45) is 0 Å². The van der Waals surface area contributed by atoms with Gasteiger partial charge in [0, 0.05) is 25.9 Å². The Morgan fingerprint density at radius 1 is 1.25 bits per heavy atom. The lowest BCUT2D eigenvalue weighted by molar-refractivity contribution is -0.169. The summed E-state index contributed by atoms with van der Waals surface area (Å²) >= 11 is 0. The van der Waals surface area contributed by atoms with Crippen molar-refractivity contribution in [3.63, 3.8) is 0 Å². The molecule has 3 saturated heterocycles. The molecular formula is C20H23FN6O5. The molecular weight excluding hydrogens is 423 g/mol. The number of hydrogen-bond acceptors (Lipinski definition) is 8. The fourth-order valence-electron chi connectivity index (χ4n) is 4.38. The van der Waals surface area contributed by atoms with Gasteiger partial charge < -0.3 is 24.4 Å². The smallest absolute Gasteiger partial charge is 0.414 e. The Bertz CT molecular complexity index is 1000. The van der Waals surface area contributed by atoms with E-state index < -0.39 is 23.8 Å². The quantitative estimate of drug-likeness (QED) is 0.662. The molecule has 3 fully saturated rings. The third kappa shape index (κ3) is 3.86. The zero-order chi connectivity index (χ0) is 22.1. The van der Waals surface area contributed by atoms with Crippen molar-refractivity contribution in [3.8, 4) is 0 Å². The number of benzene rings is 1. The Balaban J connectivity index is 1.24. The van der Waals surface area contributed by atoms with Crippen LogP contribution in [0.5, 0.6) is 0 Å². The van der Waals surface area contributed by atoms with E-state index in [0.717, 1.165) is 0 Å². The van der Waals surface area contributed by atoms with Crippen LogP contribution in [-0.4, -0.2) is 72.2 Å². The summed E-state index contributed by atoms with van der Waals surface area (Å²) < 4.78 is 33.3. The minimum Gasteiger partial charge on any atom is -0.442 e. The maximum atomic E-state index is 15.0. The summed E-state index contributed by atoms with van der Waals surface area (Å²) in [4.78, 5) is 26.4. The van der Waals surface area contributed by atoms with Crippen LogP contribution in [0.15, 0.2) is 24.4 Å². The molecule has 32 heavy (non-hydrogen) atoms. The van der Waals surface area contributed by atoms with Gasteiger partial charge in [-0.15, -0.1) is 5.10 Å². The second-order valence-electron chi connectivity index (χ2n) is 7.91. The second-order valence-corrected chi connectivity index (χ2v) is 7.91. The summed E-state index contributed by atoms with van der Waals surface area (Å²) in [6.07, 6.45) is 2.17. The van der Waals surface area contributed by atoms with Crippen LogP contribution in [0, 0.1) is 5.82 Å². The van der Waals surface area contributed by atoms with Crippen molar-refractivity contribution in [1.29, 1.82) is 0 Å². The van der Waals surface area contributed by atoms with Crippen molar-refractivity contribution in [3.05, 3.63) is 30.2 Å². The standard InChI is InChI=1S/C20H23FN6O5/c21-16-9-14(1-2-17(16)25-5-3-20(4-6-25)30-7-8-31-20)26-11-15(32-19(26)29)12-27-18(22-13-28)10-23-24-27/h1-2,9-10,13,15H,3-8,11-12H2,(H,22,28). The number of hydrogen-bond donors (Lipinski definition) is 1. The largest absolute Gasteiger partial charge is 0.442 e. The van der Waals surface area contributed by atoms with E-state index in [2.05, 4.69) is 15.6 Å². The predicted molar refractivity (Wildman–Crippen MR) is 110 cm³/mol. The van der Waals surface area contributed by atoms with Gasteiger partial charge in [0.05, 0.1) is 43.9 Å². The number of carbonyl (C=O) groups excluding carboxylic acids is 2. The third-order valence-electron chi connectivity index (χ3n) is 6.00. The van der Waals surface area contributed by atoms with Crippen LogP contribution in [0.4, 0.5) is 26.4 Å². The number of nitrogens with one attached hydrogen (secondary N) is 1. The minimum absolute atomic E-state index is 0.207. The van der Waals surface area contributed by atoms with Gasteiger partial charge in [-0.05, 0) is 18.2 Å². The van der Waals surface area contributed by atoms with Crippen LogP contribution in [-0.2, 0) is 25.5 Å². The monoisotopic (exact) mass is 446 g/mol. The summed E-state index contributed by atoms with van der Waals surface area (Å²) in [5.74, 6) is -0.537. The number of cyclic esters (lactones) is 1. The topological polar surface area (TPSA) is 111 Å². The molecule has 1 aromatic heterocycles. The summed E-state index contributed by atoms with van der Waals surface area (Å²) in [6, 6.07) is 4.74. The van der Waals surface area contributed by atoms with Crippen molar-refractivity contribution >= 4 is 29.7 Å². The molecule has 0 radical (unpaired) electrons. The van der Waals surface area contributed by atoms with Gasteiger partial charge in [0.1, 0.15) is 11.9 Å². The van der Waals surface area contributed by atoms with Gasteiger partial charge in [-0.2, -0.15) is 0 Å². The molecule has 11 nitrogen and oxygen atoms in total. The lowest BCUT2D eigenvalue weighted by Crippen LogP contribution is -2.45. The fraction of sp³-hybridized carbons (Fsp3) is 0.500. The number of halogens is 1. The Labute approximate surface area is 183 Å². The van der Waals surface area contributed by atoms with E-state index >= 15 is 0 Å². The van der Waals surface area contributed by atoms with Crippen LogP contribution >= 0.6 is 0 Å². The maximum absolute atomic E-state index is 15.0. The Morgan fingerprint density at radius 3 is 2.75 bits per heavy atom. The first-order valence-corrected chi connectivity index (χ1v) is 10.5. The molecule has 5 rings (SSSR count). The van der Waals surface area contributed by atoms with Crippen LogP contribution < -0.4 is 15.1 Å². The van der Waals surface area contributed by atoms with E-state index in [1.165, 1.54) is 21.8 Å². The molecule has 0 bridgehead atoms. The fourth-order valence-corrected chi connectivity index (χ4v) is 4.38. The number of piperidine rings is 1. The van der Waals surface area contributed by atoms with E-state index in [4.69, 9.17) is 14.2 Å². The van der Waals surface area contributed by atoms with Crippen molar-refractivity contribution in [2.75, 3.05) is 48.0 Å². The Morgan fingerprint density at radius 2 is 2.03 bits per heavy atom. The number of nitrogens with zero attached hydrogens (tertiary/aromatic N) is 5. The molecule has 2 amide bonds. The Hall–Kier alpha value is -3.25. The van der Waals surface area contributed by atoms with Gasteiger partial charge in [0.25, 0.3) is 0 Å². The molecule has 3 aliphatic heterocycles. The minimum atomic E-state index is -0.567. The molecule has 1 N–H and O–H groups in total. The van der Waals surface area contributed by atoms with Crippen LogP contribution in [0.25, 0.3) is 0 Å². The number of carbonyl (C=O) groups is 2. The second kappa shape index (κ2) is 8.36. The van der Waals surface area contributed by atoms with Gasteiger partial charge in [-0.1, -0.05) is 5.21 Å². The number of rotatable bonds is 6. The molecule has 0 aliphatic carbocycles. The van der Waals surface area contributed by atoms with Gasteiger partial charge >= 0.3 is 6.09 Å². The highest BCUT2D eigenvalue weighted by molar-refractivity contribution is 5.90. The van der Waals surface area contributed by atoms with E-state index in [1.54, 1.807) is 12.1 Å². The first-order chi connectivity index (χ1) is 15.6. The van der Waals surface area contributed by atoms with Gasteiger partial charge in [-0.25, -0.2) is 13.9 Å². The lowest BCUT2D eigenvalue weighted by atomic mass is 10.0. The third-order valence-corrected chi connectivity index (χ3v) is 6.00. The first kappa shape index (κ1) is 20.6. The zero-order valence-electron chi connectivity index (χ0n) is 17.3. The first-order valence-electron chi connectivity index (χ1n) is 10.5. The van der Waals surface area contributed by atoms with E-state index in [9.17, 15) is 14.0 Å². The number of aromatic nitrogens is 3.